The van der Waals surface area contributed by atoms with Crippen LogP contribution < -0.4 is 15.4 Å². The van der Waals surface area contributed by atoms with Crippen LogP contribution in [0.25, 0.3) is 0 Å². The molecule has 1 heterocycles. The van der Waals surface area contributed by atoms with Gasteiger partial charge in [-0.3, -0.25) is 9.59 Å². The number of nitriles is 1. The van der Waals surface area contributed by atoms with Crippen molar-refractivity contribution in [3.8, 4) is 6.07 Å². The first-order valence-corrected chi connectivity index (χ1v) is 8.94. The predicted molar refractivity (Wildman–Crippen MR) is 89.9 cm³/mol. The molecule has 0 aliphatic carbocycles. The van der Waals surface area contributed by atoms with Crippen LogP contribution in [0, 0.1) is 11.3 Å². The summed E-state index contributed by atoms with van der Waals surface area (Å²) in [5.74, 6) is -0.528. The third-order valence-corrected chi connectivity index (χ3v) is 4.62. The van der Waals surface area contributed by atoms with Gasteiger partial charge in [0.2, 0.25) is 21.8 Å². The Balaban J connectivity index is 1.74. The molecule has 3 N–H and O–H groups in total. The van der Waals surface area contributed by atoms with E-state index < -0.39 is 28.4 Å². The average molecular weight is 376 g/mol. The lowest BCUT2D eigenvalue weighted by molar-refractivity contribution is -0.125. The highest BCUT2D eigenvalue weighted by molar-refractivity contribution is 7.89. The van der Waals surface area contributed by atoms with E-state index in [9.17, 15) is 18.0 Å². The number of carbonyl (C=O) groups is 2. The van der Waals surface area contributed by atoms with Crippen molar-refractivity contribution in [2.75, 3.05) is 13.1 Å². The number of nitrogens with zero attached hydrogens (tertiary/aromatic N) is 1. The summed E-state index contributed by atoms with van der Waals surface area (Å²) in [6, 6.07) is 10.5. The van der Waals surface area contributed by atoms with E-state index in [2.05, 4.69) is 15.4 Å². The number of amides is 2. The maximum atomic E-state index is 12.0. The molecule has 10 heteroatoms. The monoisotopic (exact) mass is 376 g/mol. The van der Waals surface area contributed by atoms with Crippen molar-refractivity contribution in [1.82, 2.24) is 15.4 Å². The Labute approximate surface area is 150 Å². The second kappa shape index (κ2) is 8.80. The summed E-state index contributed by atoms with van der Waals surface area (Å²) < 4.78 is 31.3. The average Bonchev–Trinajstić information content (AvgIpc) is 3.16. The van der Waals surface area contributed by atoms with Crippen molar-refractivity contribution in [2.45, 2.75) is 11.4 Å². The van der Waals surface area contributed by atoms with Crippen LogP contribution in [0.1, 0.15) is 11.3 Å². The molecule has 2 rings (SSSR count). The van der Waals surface area contributed by atoms with Crippen molar-refractivity contribution in [2.24, 2.45) is 0 Å². The van der Waals surface area contributed by atoms with Gasteiger partial charge in [-0.1, -0.05) is 0 Å². The molecule has 2 aromatic rings. The molecule has 0 radical (unpaired) electrons. The quantitative estimate of drug-likeness (QED) is 0.586. The van der Waals surface area contributed by atoms with E-state index in [1.807, 2.05) is 6.07 Å². The van der Waals surface area contributed by atoms with Crippen LogP contribution in [0.4, 0.5) is 0 Å². The summed E-state index contributed by atoms with van der Waals surface area (Å²) in [4.78, 5) is 23.2. The molecule has 136 valence electrons. The van der Waals surface area contributed by atoms with E-state index in [4.69, 9.17) is 9.68 Å². The van der Waals surface area contributed by atoms with Gasteiger partial charge in [0.15, 0.2) is 0 Å². The Hall–Kier alpha value is -3.16. The lowest BCUT2D eigenvalue weighted by Crippen LogP contribution is -2.41. The fourth-order valence-corrected chi connectivity index (χ4v) is 2.84. The molecule has 26 heavy (non-hydrogen) atoms. The smallest absolute Gasteiger partial charge is 0.241 e. The molecule has 0 spiro atoms. The van der Waals surface area contributed by atoms with Crippen molar-refractivity contribution >= 4 is 21.8 Å². The Kier molecular flexibility index (Phi) is 6.48. The van der Waals surface area contributed by atoms with E-state index in [0.717, 1.165) is 0 Å². The third kappa shape index (κ3) is 5.73. The SMILES string of the molecule is N#Cc1ccc(S(=O)(=O)NCC(=O)NCC(=O)NCc2ccco2)cc1. The number of sulfonamides is 1. The van der Waals surface area contributed by atoms with Crippen LogP contribution in [-0.2, 0) is 26.2 Å². The second-order valence-corrected chi connectivity index (χ2v) is 6.86. The molecule has 0 fully saturated rings. The number of benzene rings is 1. The molecule has 1 aromatic carbocycles. The highest BCUT2D eigenvalue weighted by Gasteiger charge is 2.15. The van der Waals surface area contributed by atoms with Crippen LogP contribution in [0.3, 0.4) is 0 Å². The van der Waals surface area contributed by atoms with Crippen LogP contribution >= 0.6 is 0 Å². The zero-order valence-corrected chi connectivity index (χ0v) is 14.4. The molecule has 0 atom stereocenters. The molecule has 2 amide bonds. The first kappa shape index (κ1) is 19.2. The first-order valence-electron chi connectivity index (χ1n) is 7.46. The molecular weight excluding hydrogens is 360 g/mol. The van der Waals surface area contributed by atoms with Gasteiger partial charge in [-0.05, 0) is 36.4 Å². The van der Waals surface area contributed by atoms with Crippen LogP contribution in [-0.4, -0.2) is 33.3 Å². The lowest BCUT2D eigenvalue weighted by atomic mass is 10.2. The predicted octanol–water partition coefficient (Wildman–Crippen LogP) is -0.138. The fourth-order valence-electron chi connectivity index (χ4n) is 1.86. The van der Waals surface area contributed by atoms with Crippen molar-refractivity contribution in [3.05, 3.63) is 54.0 Å². The van der Waals surface area contributed by atoms with E-state index in [0.29, 0.717) is 11.3 Å². The van der Waals surface area contributed by atoms with E-state index in [1.54, 1.807) is 12.1 Å². The second-order valence-electron chi connectivity index (χ2n) is 5.09. The molecule has 9 nitrogen and oxygen atoms in total. The number of nitrogens with one attached hydrogen (secondary N) is 3. The molecule has 0 unspecified atom stereocenters. The molecular formula is C16H16N4O5S. The highest BCUT2D eigenvalue weighted by atomic mass is 32.2. The zero-order valence-electron chi connectivity index (χ0n) is 13.6. The fraction of sp³-hybridized carbons (Fsp3) is 0.188. The number of hydrogen-bond donors (Lipinski definition) is 3. The molecule has 0 saturated carbocycles. The Morgan fingerprint density at radius 3 is 2.35 bits per heavy atom. The van der Waals surface area contributed by atoms with Gasteiger partial charge in [0.1, 0.15) is 5.76 Å². The summed E-state index contributed by atoms with van der Waals surface area (Å²) in [6.45, 7) is -0.626. The molecule has 1 aromatic heterocycles. The number of carbonyl (C=O) groups excluding carboxylic acids is 2. The van der Waals surface area contributed by atoms with Gasteiger partial charge >= 0.3 is 0 Å². The van der Waals surface area contributed by atoms with Gasteiger partial charge in [0, 0.05) is 0 Å². The van der Waals surface area contributed by atoms with Gasteiger partial charge in [-0.15, -0.1) is 0 Å². The van der Waals surface area contributed by atoms with E-state index >= 15 is 0 Å². The number of hydrogen-bond acceptors (Lipinski definition) is 6. The Morgan fingerprint density at radius 2 is 1.73 bits per heavy atom. The van der Waals surface area contributed by atoms with Gasteiger partial charge in [-0.2, -0.15) is 5.26 Å². The minimum absolute atomic E-state index is 0.0690. The summed E-state index contributed by atoms with van der Waals surface area (Å²) >= 11 is 0. The molecule has 0 aliphatic heterocycles. The van der Waals surface area contributed by atoms with Crippen molar-refractivity contribution < 1.29 is 22.4 Å². The van der Waals surface area contributed by atoms with Crippen LogP contribution in [0.5, 0.6) is 0 Å². The Bertz CT molecular complexity index is 899. The topological polar surface area (TPSA) is 141 Å². The zero-order chi connectivity index (χ0) is 19.0. The number of furan rings is 1. The van der Waals surface area contributed by atoms with Gasteiger partial charge in [0.25, 0.3) is 0 Å². The largest absolute Gasteiger partial charge is 0.467 e. The highest BCUT2D eigenvalue weighted by Crippen LogP contribution is 2.09. The minimum atomic E-state index is -3.89. The summed E-state index contributed by atoms with van der Waals surface area (Å²) in [7, 11) is -3.89. The maximum Gasteiger partial charge on any atom is 0.241 e. The van der Waals surface area contributed by atoms with Gasteiger partial charge in [-0.25, -0.2) is 13.1 Å². The minimum Gasteiger partial charge on any atom is -0.467 e. The third-order valence-electron chi connectivity index (χ3n) is 3.20. The molecule has 0 bridgehead atoms. The van der Waals surface area contributed by atoms with Crippen molar-refractivity contribution in [1.29, 1.82) is 5.26 Å². The van der Waals surface area contributed by atoms with E-state index in [1.165, 1.54) is 30.5 Å². The van der Waals surface area contributed by atoms with Crippen LogP contribution in [0.15, 0.2) is 52.0 Å². The standard InChI is InChI=1S/C16H16N4O5S/c17-8-12-3-5-14(6-4-12)26(23,24)20-11-16(22)19-10-15(21)18-9-13-2-1-7-25-13/h1-7,20H,9-11H2,(H,18,21)(H,19,22). The van der Waals surface area contributed by atoms with Gasteiger partial charge in [0.05, 0.1) is 42.4 Å². The van der Waals surface area contributed by atoms with E-state index in [-0.39, 0.29) is 18.0 Å². The summed E-state index contributed by atoms with van der Waals surface area (Å²) in [5.41, 5.74) is 0.322. The lowest BCUT2D eigenvalue weighted by Gasteiger charge is -2.08. The summed E-state index contributed by atoms with van der Waals surface area (Å²) in [6.07, 6.45) is 1.48. The Morgan fingerprint density at radius 1 is 1.04 bits per heavy atom. The summed E-state index contributed by atoms with van der Waals surface area (Å²) in [5, 5.41) is 13.5. The first-order chi connectivity index (χ1) is 12.4. The maximum absolute atomic E-state index is 12.0. The van der Waals surface area contributed by atoms with Crippen LogP contribution in [0.2, 0.25) is 0 Å². The number of rotatable bonds is 8. The molecule has 0 saturated heterocycles. The van der Waals surface area contributed by atoms with Crippen molar-refractivity contribution in [3.63, 3.8) is 0 Å². The molecule has 0 aliphatic rings. The van der Waals surface area contributed by atoms with Gasteiger partial charge < -0.3 is 15.1 Å². The normalized spacial score (nSPS) is 10.7.